The Morgan fingerprint density at radius 3 is 2.30 bits per heavy atom. The van der Waals surface area contributed by atoms with Gasteiger partial charge in [0.25, 0.3) is 5.56 Å². The van der Waals surface area contributed by atoms with Crippen LogP contribution in [0.4, 0.5) is 0 Å². The van der Waals surface area contributed by atoms with Crippen molar-refractivity contribution in [3.63, 3.8) is 0 Å². The zero-order valence-electron chi connectivity index (χ0n) is 14.4. The van der Waals surface area contributed by atoms with E-state index in [1.54, 1.807) is 0 Å². The second kappa shape index (κ2) is 9.20. The van der Waals surface area contributed by atoms with E-state index >= 15 is 0 Å². The summed E-state index contributed by atoms with van der Waals surface area (Å²) in [5, 5.41) is 10.2. The normalized spacial score (nSPS) is 28.7. The lowest BCUT2D eigenvalue weighted by Gasteiger charge is -2.19. The predicted molar refractivity (Wildman–Crippen MR) is 90.1 cm³/mol. The first kappa shape index (κ1) is 25.2. The molecule has 1 fully saturated rings. The quantitative estimate of drug-likeness (QED) is 0.135. The van der Waals surface area contributed by atoms with E-state index in [9.17, 15) is 33.3 Å². The molecule has 8 N–H and O–H groups in total. The number of nitrogens with one attached hydrogen (secondary N) is 1. The van der Waals surface area contributed by atoms with Crippen molar-refractivity contribution < 1.29 is 61.1 Å². The number of ether oxygens (including phenoxy) is 1. The van der Waals surface area contributed by atoms with Gasteiger partial charge in [-0.05, 0) is 0 Å². The summed E-state index contributed by atoms with van der Waals surface area (Å²) in [6, 6.07) is 0.949. The molecule has 1 saturated heterocycles. The lowest BCUT2D eigenvalue weighted by Crippen LogP contribution is -2.40. The number of H-pyrrole nitrogens is 1. The third-order valence-corrected chi connectivity index (χ3v) is 7.22. The second-order valence-electron chi connectivity index (χ2n) is 5.56. The number of nitrogens with two attached hydrogens (primary N) is 1. The lowest BCUT2D eigenvalue weighted by molar-refractivity contribution is -0.0753. The summed E-state index contributed by atoms with van der Waals surface area (Å²) in [5.41, 5.74) is -1.69. The first-order chi connectivity index (χ1) is 13.6. The van der Waals surface area contributed by atoms with E-state index in [1.165, 1.54) is 0 Å². The van der Waals surface area contributed by atoms with Crippen LogP contribution in [0.3, 0.4) is 0 Å². The molecule has 2 rings (SSSR count). The highest BCUT2D eigenvalue weighted by Crippen LogP contribution is 2.66. The van der Waals surface area contributed by atoms with Crippen LogP contribution in [0.5, 0.6) is 0 Å². The molecule has 0 aliphatic carbocycles. The zero-order valence-corrected chi connectivity index (χ0v) is 17.0. The molecule has 0 spiro atoms. The summed E-state index contributed by atoms with van der Waals surface area (Å²) in [4.78, 5) is 64.9. The monoisotopic (exact) mass is 499 g/mol. The van der Waals surface area contributed by atoms with Gasteiger partial charge in [0.15, 0.2) is 12.3 Å². The fraction of sp³-hybridized carbons (Fsp3) is 0.556. The number of hydrogen-bond acceptors (Lipinski definition) is 12. The molecule has 1 aliphatic heterocycles. The summed E-state index contributed by atoms with van der Waals surface area (Å²) < 4.78 is 51.1. The number of phosphoric ester groups is 1. The number of aliphatic hydroxyl groups excluding tert-OH is 1. The van der Waals surface area contributed by atoms with E-state index in [2.05, 4.69) is 18.0 Å². The topological polar surface area (TPSA) is 279 Å². The first-order valence-electron chi connectivity index (χ1n) is 7.43. The largest absolute Gasteiger partial charge is 0.490 e. The Kier molecular flexibility index (Phi) is 7.72. The smallest absolute Gasteiger partial charge is 0.387 e. The van der Waals surface area contributed by atoms with Gasteiger partial charge in [-0.3, -0.25) is 23.7 Å². The third-order valence-electron chi connectivity index (χ3n) is 3.41. The molecule has 0 bridgehead atoms. The van der Waals surface area contributed by atoms with Gasteiger partial charge in [-0.25, -0.2) is 24.4 Å². The minimum absolute atomic E-state index is 0.732. The van der Waals surface area contributed by atoms with Crippen molar-refractivity contribution in [3.8, 4) is 0 Å². The minimum Gasteiger partial charge on any atom is -0.387 e. The average molecular weight is 499 g/mol. The Balaban J connectivity index is 2.10. The minimum atomic E-state index is -5.73. The highest BCUT2D eigenvalue weighted by atomic mass is 31.3. The summed E-state index contributed by atoms with van der Waals surface area (Å²) in [5.74, 6) is 5.06. The van der Waals surface area contributed by atoms with Crippen LogP contribution >= 0.6 is 23.5 Å². The summed E-state index contributed by atoms with van der Waals surface area (Å²) in [7, 11) is -16.8. The van der Waals surface area contributed by atoms with Crippen LogP contribution in [0.1, 0.15) is 6.23 Å². The van der Waals surface area contributed by atoms with Gasteiger partial charge in [0.05, 0.1) is 6.61 Å². The number of phosphoric acid groups is 3. The van der Waals surface area contributed by atoms with E-state index in [0.717, 1.165) is 16.8 Å². The Morgan fingerprint density at radius 2 is 1.77 bits per heavy atom. The van der Waals surface area contributed by atoms with E-state index in [4.69, 9.17) is 25.3 Å². The van der Waals surface area contributed by atoms with Crippen LogP contribution in [0.15, 0.2) is 21.9 Å². The molecule has 0 amide bonds. The Hall–Kier alpha value is -1.07. The number of rotatable bonds is 9. The van der Waals surface area contributed by atoms with Gasteiger partial charge in [-0.1, -0.05) is 0 Å². The molecule has 2 heterocycles. The lowest BCUT2D eigenvalue weighted by atomic mass is 10.1. The van der Waals surface area contributed by atoms with Crippen molar-refractivity contribution in [1.29, 1.82) is 0 Å². The van der Waals surface area contributed by atoms with E-state index < -0.39 is 65.9 Å². The van der Waals surface area contributed by atoms with Crippen molar-refractivity contribution in [1.82, 2.24) is 9.55 Å². The van der Waals surface area contributed by atoms with E-state index in [-0.39, 0.29) is 0 Å². The van der Waals surface area contributed by atoms with Gasteiger partial charge in [0, 0.05) is 12.3 Å². The average Bonchev–Trinajstić information content (AvgIpc) is 2.85. The van der Waals surface area contributed by atoms with Gasteiger partial charge in [-0.2, -0.15) is 8.62 Å². The maximum absolute atomic E-state index is 11.9. The molecule has 1 aromatic rings. The molecule has 21 heteroatoms. The predicted octanol–water partition coefficient (Wildman–Crippen LogP) is -2.60. The molecule has 0 radical (unpaired) electrons. The number of aromatic amines is 1. The fourth-order valence-corrected chi connectivity index (χ4v) is 5.36. The Morgan fingerprint density at radius 1 is 1.13 bits per heavy atom. The third kappa shape index (κ3) is 6.71. The second-order valence-corrected chi connectivity index (χ2v) is 9.98. The molecule has 0 aromatic carbocycles. The number of aromatic nitrogens is 2. The molecule has 30 heavy (non-hydrogen) atoms. The van der Waals surface area contributed by atoms with Gasteiger partial charge in [0.1, 0.15) is 12.2 Å². The summed E-state index contributed by atoms with van der Waals surface area (Å²) in [6.07, 6.45) is -5.06. The number of nitrogens with zero attached hydrogens (tertiary/aromatic N) is 1. The molecule has 18 nitrogen and oxygen atoms in total. The van der Waals surface area contributed by atoms with Crippen molar-refractivity contribution in [3.05, 3.63) is 33.1 Å². The highest BCUT2D eigenvalue weighted by Gasteiger charge is 2.48. The van der Waals surface area contributed by atoms with Gasteiger partial charge in [0.2, 0.25) is 0 Å². The summed E-state index contributed by atoms with van der Waals surface area (Å²) >= 11 is 0. The Bertz CT molecular complexity index is 1020. The van der Waals surface area contributed by atoms with Crippen LogP contribution in [0.2, 0.25) is 0 Å². The number of hydrogen-bond donors (Lipinski definition) is 7. The van der Waals surface area contributed by atoms with Gasteiger partial charge in [-0.15, -0.1) is 0 Å². The first-order valence-corrected chi connectivity index (χ1v) is 11.9. The molecule has 1 aromatic heterocycles. The standard InChI is InChI=1S/C9H16N3O15P3/c10-25-7-6(14)4(24-8(7)12-2-1-5(13)11-9(12)15)3-23-29(19,20)27-30(21,22)26-28(16,17)18/h1-2,4,6-8,14H,3,10H2,(H,19,20)(H,21,22)(H,11,13,15)(H2,16,17,18)/t4-,6?,7?,8-/m0/s1. The molecular weight excluding hydrogens is 483 g/mol. The van der Waals surface area contributed by atoms with E-state index in [0.29, 0.717) is 0 Å². The maximum atomic E-state index is 11.9. The van der Waals surface area contributed by atoms with Crippen LogP contribution in [-0.4, -0.2) is 59.2 Å². The van der Waals surface area contributed by atoms with Crippen molar-refractivity contribution in [2.75, 3.05) is 6.61 Å². The van der Waals surface area contributed by atoms with Crippen molar-refractivity contribution >= 4 is 23.5 Å². The molecule has 4 unspecified atom stereocenters. The van der Waals surface area contributed by atoms with Gasteiger partial charge < -0.3 is 29.4 Å². The van der Waals surface area contributed by atoms with Crippen LogP contribution in [0, 0.1) is 0 Å². The molecule has 0 saturated carbocycles. The van der Waals surface area contributed by atoms with Gasteiger partial charge >= 0.3 is 29.2 Å². The van der Waals surface area contributed by atoms with Crippen LogP contribution in [-0.2, 0) is 36.4 Å². The summed E-state index contributed by atoms with van der Waals surface area (Å²) in [6.45, 7) is -1.01. The SMILES string of the molecule is NOC1C(O)[C@H](COP(=O)(O)OP(=O)(O)OP(=O)(O)O)O[C@@H]1n1ccc(=O)[nH]c1=O. The molecule has 172 valence electrons. The Labute approximate surface area is 165 Å². The van der Waals surface area contributed by atoms with Crippen LogP contribution < -0.4 is 17.1 Å². The molecule has 1 aliphatic rings. The van der Waals surface area contributed by atoms with E-state index in [1.807, 2.05) is 4.98 Å². The highest BCUT2D eigenvalue weighted by molar-refractivity contribution is 7.66. The van der Waals surface area contributed by atoms with Crippen molar-refractivity contribution in [2.24, 2.45) is 5.90 Å². The number of aliphatic hydroxyl groups is 1. The molecule has 6 atom stereocenters. The fourth-order valence-electron chi connectivity index (χ4n) is 2.33. The zero-order chi connectivity index (χ0) is 22.9. The molecular formula is C9H16N3O15P3. The van der Waals surface area contributed by atoms with Crippen LogP contribution in [0.25, 0.3) is 0 Å². The van der Waals surface area contributed by atoms with Crippen molar-refractivity contribution in [2.45, 2.75) is 24.5 Å². The maximum Gasteiger partial charge on any atom is 0.490 e.